The van der Waals surface area contributed by atoms with E-state index < -0.39 is 17.6 Å². The maximum absolute atomic E-state index is 13.3. The fourth-order valence-corrected chi connectivity index (χ4v) is 8.29. The van der Waals surface area contributed by atoms with Crippen molar-refractivity contribution in [2.45, 2.75) is 97.9 Å². The third-order valence-corrected chi connectivity index (χ3v) is 10.3. The number of carboxylic acid groups (broad SMARTS) is 1. The predicted octanol–water partition coefficient (Wildman–Crippen LogP) is 4.36. The lowest BCUT2D eigenvalue weighted by Gasteiger charge is -2.64. The monoisotopic (exact) mass is 485 g/mol. The Hall–Kier alpha value is -2.28. The Morgan fingerprint density at radius 1 is 1.17 bits per heavy atom. The smallest absolute Gasteiger partial charge is 0.326 e. The lowest BCUT2D eigenvalue weighted by atomic mass is 9.43. The lowest BCUT2D eigenvalue weighted by molar-refractivity contribution is -0.210. The molecule has 0 aromatic heterocycles. The summed E-state index contributed by atoms with van der Waals surface area (Å²) in [6.45, 7) is 12.6. The fourth-order valence-electron chi connectivity index (χ4n) is 8.29. The molecule has 1 spiro atoms. The summed E-state index contributed by atoms with van der Waals surface area (Å²) in [6, 6.07) is 0.569. The SMILES string of the molecule is CC(C)[C@H](C(=O)O)N1Cc2c(cc(O)c3c2O[C@]2(C3)[C@H](C)CC[C@@H]3C(C)(C)[C@H](O)CC[C@@]32C)C1=O. The van der Waals surface area contributed by atoms with Gasteiger partial charge in [-0.1, -0.05) is 41.5 Å². The largest absolute Gasteiger partial charge is 0.508 e. The van der Waals surface area contributed by atoms with Crippen molar-refractivity contribution in [3.05, 3.63) is 22.8 Å². The van der Waals surface area contributed by atoms with E-state index in [1.165, 1.54) is 11.0 Å². The van der Waals surface area contributed by atoms with Crippen LogP contribution in [0, 0.1) is 28.6 Å². The molecule has 6 atom stereocenters. The molecule has 0 bridgehead atoms. The van der Waals surface area contributed by atoms with Gasteiger partial charge in [-0.2, -0.15) is 0 Å². The third kappa shape index (κ3) is 3.06. The van der Waals surface area contributed by atoms with Crippen LogP contribution in [0.15, 0.2) is 6.07 Å². The molecule has 192 valence electrons. The number of aliphatic hydroxyl groups is 1. The van der Waals surface area contributed by atoms with Gasteiger partial charge in [0.05, 0.1) is 18.2 Å². The van der Waals surface area contributed by atoms with Gasteiger partial charge in [-0.3, -0.25) is 4.79 Å². The molecule has 1 aromatic rings. The number of rotatable bonds is 3. The molecule has 2 fully saturated rings. The number of amides is 1. The van der Waals surface area contributed by atoms with Crippen LogP contribution >= 0.6 is 0 Å². The van der Waals surface area contributed by atoms with Crippen molar-refractivity contribution in [2.75, 3.05) is 0 Å². The second-order valence-electron chi connectivity index (χ2n) is 12.7. The van der Waals surface area contributed by atoms with Crippen molar-refractivity contribution in [3.63, 3.8) is 0 Å². The van der Waals surface area contributed by atoms with Crippen molar-refractivity contribution < 1.29 is 29.6 Å². The van der Waals surface area contributed by atoms with Gasteiger partial charge in [0, 0.05) is 23.0 Å². The van der Waals surface area contributed by atoms with Gasteiger partial charge in [0.15, 0.2) is 0 Å². The molecule has 35 heavy (non-hydrogen) atoms. The highest BCUT2D eigenvalue weighted by molar-refractivity contribution is 6.02. The number of nitrogens with zero attached hydrogens (tertiary/aromatic N) is 1. The minimum atomic E-state index is -1.03. The number of carboxylic acids is 1. The first-order valence-corrected chi connectivity index (χ1v) is 13.0. The minimum absolute atomic E-state index is 0.0512. The van der Waals surface area contributed by atoms with E-state index >= 15 is 0 Å². The molecule has 7 heteroatoms. The standard InChI is InChI=1S/C28H39NO6/c1-14(2)22(25(33)34)29-13-18-16(24(29)32)11-19(30)17-12-28(35-23(17)18)15(3)7-8-20-26(4,5)21(31)9-10-27(20,28)6/h11,14-15,20-22,30-31H,7-10,12-13H2,1-6H3,(H,33,34)/t15-,20-,21-,22-,27+,28-/m1/s1. The summed E-state index contributed by atoms with van der Waals surface area (Å²) in [5.41, 5.74) is 0.751. The van der Waals surface area contributed by atoms with E-state index in [-0.39, 0.29) is 52.9 Å². The van der Waals surface area contributed by atoms with E-state index in [9.17, 15) is 24.9 Å². The van der Waals surface area contributed by atoms with Gasteiger partial charge in [-0.25, -0.2) is 4.79 Å². The molecule has 1 amide bonds. The molecule has 7 nitrogen and oxygen atoms in total. The Labute approximate surface area is 207 Å². The van der Waals surface area contributed by atoms with Crippen LogP contribution in [0.3, 0.4) is 0 Å². The molecule has 4 aliphatic rings. The molecule has 0 radical (unpaired) electrons. The molecular weight excluding hydrogens is 446 g/mol. The molecular formula is C28H39NO6. The van der Waals surface area contributed by atoms with Crippen LogP contribution in [0.5, 0.6) is 11.5 Å². The second kappa shape index (κ2) is 7.61. The summed E-state index contributed by atoms with van der Waals surface area (Å²) in [7, 11) is 0. The topological polar surface area (TPSA) is 107 Å². The van der Waals surface area contributed by atoms with Crippen LogP contribution < -0.4 is 4.74 Å². The van der Waals surface area contributed by atoms with Crippen molar-refractivity contribution >= 4 is 11.9 Å². The van der Waals surface area contributed by atoms with E-state index in [4.69, 9.17) is 4.74 Å². The van der Waals surface area contributed by atoms with E-state index in [0.29, 0.717) is 29.7 Å². The summed E-state index contributed by atoms with van der Waals surface area (Å²) in [5.74, 6) is -0.543. The van der Waals surface area contributed by atoms with Crippen LogP contribution in [0.1, 0.15) is 88.7 Å². The maximum Gasteiger partial charge on any atom is 0.326 e. The summed E-state index contributed by atoms with van der Waals surface area (Å²) in [4.78, 5) is 26.7. The summed E-state index contributed by atoms with van der Waals surface area (Å²) < 4.78 is 7.00. The maximum atomic E-state index is 13.3. The van der Waals surface area contributed by atoms with Crippen LogP contribution in [-0.2, 0) is 17.8 Å². The van der Waals surface area contributed by atoms with Gasteiger partial charge in [0.1, 0.15) is 23.1 Å². The highest BCUT2D eigenvalue weighted by Gasteiger charge is 2.67. The zero-order chi connectivity index (χ0) is 25.7. The Balaban J connectivity index is 1.59. The number of phenols is 1. The van der Waals surface area contributed by atoms with Gasteiger partial charge in [0.2, 0.25) is 0 Å². The molecule has 1 aromatic carbocycles. The quantitative estimate of drug-likeness (QED) is 0.587. The Kier molecular flexibility index (Phi) is 5.31. The first-order valence-electron chi connectivity index (χ1n) is 13.0. The van der Waals surface area contributed by atoms with Crippen LogP contribution in [0.4, 0.5) is 0 Å². The number of benzene rings is 1. The zero-order valence-corrected chi connectivity index (χ0v) is 21.7. The summed E-state index contributed by atoms with van der Waals surface area (Å²) in [5, 5.41) is 31.8. The number of aliphatic carboxylic acids is 1. The normalized spacial score (nSPS) is 36.1. The molecule has 2 aliphatic heterocycles. The molecule has 2 heterocycles. The first-order chi connectivity index (χ1) is 16.3. The van der Waals surface area contributed by atoms with Crippen molar-refractivity contribution in [1.29, 1.82) is 0 Å². The van der Waals surface area contributed by atoms with Crippen LogP contribution in [0.25, 0.3) is 0 Å². The van der Waals surface area contributed by atoms with Gasteiger partial charge in [0.25, 0.3) is 5.91 Å². The highest BCUT2D eigenvalue weighted by Crippen LogP contribution is 2.67. The van der Waals surface area contributed by atoms with Crippen molar-refractivity contribution in [1.82, 2.24) is 4.90 Å². The first kappa shape index (κ1) is 24.4. The van der Waals surface area contributed by atoms with Crippen molar-refractivity contribution in [3.8, 4) is 11.5 Å². The molecule has 2 saturated carbocycles. The fraction of sp³-hybridized carbons (Fsp3) is 0.714. The molecule has 0 saturated heterocycles. The van der Waals surface area contributed by atoms with E-state index in [0.717, 1.165) is 24.8 Å². The van der Waals surface area contributed by atoms with Gasteiger partial charge in [-0.05, 0) is 54.9 Å². The number of aromatic hydroxyl groups is 1. The minimum Gasteiger partial charge on any atom is -0.508 e. The number of hydrogen-bond acceptors (Lipinski definition) is 5. The van der Waals surface area contributed by atoms with Gasteiger partial charge < -0.3 is 25.0 Å². The average Bonchev–Trinajstić information content (AvgIpc) is 3.31. The zero-order valence-electron chi connectivity index (χ0n) is 21.7. The summed E-state index contributed by atoms with van der Waals surface area (Å²) in [6.07, 6.45) is 3.73. The Morgan fingerprint density at radius 2 is 1.86 bits per heavy atom. The second-order valence-corrected chi connectivity index (χ2v) is 12.7. The third-order valence-electron chi connectivity index (χ3n) is 10.3. The van der Waals surface area contributed by atoms with E-state index in [2.05, 4.69) is 27.7 Å². The molecule has 5 rings (SSSR count). The number of aliphatic hydroxyl groups excluding tert-OH is 1. The lowest BCUT2D eigenvalue weighted by Crippen LogP contribution is -2.66. The molecule has 0 unspecified atom stereocenters. The van der Waals surface area contributed by atoms with E-state index in [1.54, 1.807) is 13.8 Å². The average molecular weight is 486 g/mol. The van der Waals surface area contributed by atoms with Gasteiger partial charge in [-0.15, -0.1) is 0 Å². The Bertz CT molecular complexity index is 1100. The Morgan fingerprint density at radius 3 is 2.49 bits per heavy atom. The van der Waals surface area contributed by atoms with E-state index in [1.807, 2.05) is 0 Å². The number of hydrogen-bond donors (Lipinski definition) is 3. The van der Waals surface area contributed by atoms with Crippen molar-refractivity contribution in [2.24, 2.45) is 28.6 Å². The number of carbonyl (C=O) groups is 2. The highest BCUT2D eigenvalue weighted by atomic mass is 16.5. The number of fused-ring (bicyclic) bond motifs is 5. The number of carbonyl (C=O) groups excluding carboxylic acids is 1. The van der Waals surface area contributed by atoms with Crippen LogP contribution in [0.2, 0.25) is 0 Å². The van der Waals surface area contributed by atoms with Crippen LogP contribution in [-0.4, -0.2) is 49.8 Å². The van der Waals surface area contributed by atoms with Gasteiger partial charge >= 0.3 is 5.97 Å². The molecule has 2 aliphatic carbocycles. The predicted molar refractivity (Wildman–Crippen MR) is 130 cm³/mol. The number of ether oxygens (including phenoxy) is 1. The summed E-state index contributed by atoms with van der Waals surface area (Å²) >= 11 is 0. The number of phenolic OH excluding ortho intramolecular Hbond substituents is 1. The molecule has 3 N–H and O–H groups in total.